The van der Waals surface area contributed by atoms with Crippen LogP contribution >= 0.6 is 0 Å². The lowest BCUT2D eigenvalue weighted by Crippen LogP contribution is -2.51. The number of amides is 2. The van der Waals surface area contributed by atoms with Gasteiger partial charge in [-0.25, -0.2) is 4.79 Å². The molecule has 2 unspecified atom stereocenters. The summed E-state index contributed by atoms with van der Waals surface area (Å²) in [5.74, 6) is 0. The maximum absolute atomic E-state index is 11.8. The van der Waals surface area contributed by atoms with Gasteiger partial charge in [0.2, 0.25) is 0 Å². The Kier molecular flexibility index (Phi) is 4.66. The Labute approximate surface area is 104 Å². The second-order valence-corrected chi connectivity index (χ2v) is 5.53. The SMILES string of the molecule is CC1CC(NC(=O)NC2CCCCC2)CCN1. The summed E-state index contributed by atoms with van der Waals surface area (Å²) in [4.78, 5) is 11.8. The number of piperidine rings is 1. The van der Waals surface area contributed by atoms with Crippen molar-refractivity contribution in [1.82, 2.24) is 16.0 Å². The van der Waals surface area contributed by atoms with E-state index in [0.29, 0.717) is 18.1 Å². The monoisotopic (exact) mass is 239 g/mol. The molecule has 0 aromatic carbocycles. The third kappa shape index (κ3) is 4.19. The topological polar surface area (TPSA) is 53.2 Å². The number of rotatable bonds is 2. The van der Waals surface area contributed by atoms with E-state index in [1.807, 2.05) is 0 Å². The standard InChI is InChI=1S/C13H25N3O/c1-10-9-12(7-8-14-10)16-13(17)15-11-5-3-2-4-6-11/h10-12,14H,2-9H2,1H3,(H2,15,16,17). The van der Waals surface area contributed by atoms with Crippen LogP contribution in [-0.4, -0.2) is 30.7 Å². The van der Waals surface area contributed by atoms with Gasteiger partial charge >= 0.3 is 6.03 Å². The first-order valence-electron chi connectivity index (χ1n) is 7.04. The number of urea groups is 1. The minimum atomic E-state index is 0.0380. The zero-order valence-electron chi connectivity index (χ0n) is 10.8. The van der Waals surface area contributed by atoms with Crippen molar-refractivity contribution >= 4 is 6.03 Å². The van der Waals surface area contributed by atoms with Crippen molar-refractivity contribution in [3.63, 3.8) is 0 Å². The Morgan fingerprint density at radius 2 is 1.76 bits per heavy atom. The zero-order valence-corrected chi connectivity index (χ0v) is 10.8. The summed E-state index contributed by atoms with van der Waals surface area (Å²) < 4.78 is 0. The fourth-order valence-electron chi connectivity index (χ4n) is 2.92. The molecule has 1 saturated heterocycles. The molecule has 2 fully saturated rings. The van der Waals surface area contributed by atoms with Gasteiger partial charge in [0.05, 0.1) is 0 Å². The van der Waals surface area contributed by atoms with Crippen LogP contribution in [0.1, 0.15) is 51.9 Å². The molecule has 0 aromatic heterocycles. The van der Waals surface area contributed by atoms with E-state index in [9.17, 15) is 4.79 Å². The van der Waals surface area contributed by atoms with Crippen molar-refractivity contribution in [2.24, 2.45) is 0 Å². The van der Waals surface area contributed by atoms with Gasteiger partial charge in [0, 0.05) is 18.1 Å². The summed E-state index contributed by atoms with van der Waals surface area (Å²) in [5, 5.41) is 9.61. The molecule has 1 aliphatic heterocycles. The largest absolute Gasteiger partial charge is 0.335 e. The lowest BCUT2D eigenvalue weighted by atomic mass is 9.95. The van der Waals surface area contributed by atoms with Gasteiger partial charge in [-0.15, -0.1) is 0 Å². The number of hydrogen-bond donors (Lipinski definition) is 3. The summed E-state index contributed by atoms with van der Waals surface area (Å²) in [5.41, 5.74) is 0. The average Bonchev–Trinajstić information content (AvgIpc) is 2.30. The molecule has 17 heavy (non-hydrogen) atoms. The van der Waals surface area contributed by atoms with Gasteiger partial charge in [0.15, 0.2) is 0 Å². The minimum absolute atomic E-state index is 0.0380. The first-order valence-corrected chi connectivity index (χ1v) is 7.04. The van der Waals surface area contributed by atoms with Crippen LogP contribution in [0.4, 0.5) is 4.79 Å². The fourth-order valence-corrected chi connectivity index (χ4v) is 2.92. The molecule has 1 saturated carbocycles. The molecule has 0 radical (unpaired) electrons. The lowest BCUT2D eigenvalue weighted by Gasteiger charge is -2.30. The first-order chi connectivity index (χ1) is 8.24. The third-order valence-electron chi connectivity index (χ3n) is 3.90. The maximum atomic E-state index is 11.8. The summed E-state index contributed by atoms with van der Waals surface area (Å²) in [6, 6.07) is 1.30. The van der Waals surface area contributed by atoms with Gasteiger partial charge in [-0.1, -0.05) is 19.3 Å². The number of carbonyl (C=O) groups excluding carboxylic acids is 1. The summed E-state index contributed by atoms with van der Waals surface area (Å²) >= 11 is 0. The second kappa shape index (κ2) is 6.24. The predicted molar refractivity (Wildman–Crippen MR) is 69.0 cm³/mol. The van der Waals surface area contributed by atoms with E-state index in [1.54, 1.807) is 0 Å². The van der Waals surface area contributed by atoms with E-state index in [0.717, 1.165) is 32.2 Å². The molecule has 3 N–H and O–H groups in total. The Balaban J connectivity index is 1.68. The Morgan fingerprint density at radius 3 is 2.47 bits per heavy atom. The minimum Gasteiger partial charge on any atom is -0.335 e. The molecule has 4 nitrogen and oxygen atoms in total. The van der Waals surface area contributed by atoms with Crippen molar-refractivity contribution in [2.75, 3.05) is 6.54 Å². The quantitative estimate of drug-likeness (QED) is 0.688. The second-order valence-electron chi connectivity index (χ2n) is 5.53. The molecule has 0 aromatic rings. The van der Waals surface area contributed by atoms with E-state index in [-0.39, 0.29) is 6.03 Å². The zero-order chi connectivity index (χ0) is 12.1. The van der Waals surface area contributed by atoms with Crippen LogP contribution < -0.4 is 16.0 Å². The molecule has 2 amide bonds. The smallest absolute Gasteiger partial charge is 0.315 e. The molecule has 98 valence electrons. The van der Waals surface area contributed by atoms with Crippen molar-refractivity contribution in [3.8, 4) is 0 Å². The molecule has 1 aliphatic carbocycles. The van der Waals surface area contributed by atoms with Crippen LogP contribution in [0.5, 0.6) is 0 Å². The van der Waals surface area contributed by atoms with E-state index < -0.39 is 0 Å². The first kappa shape index (κ1) is 12.7. The number of carbonyl (C=O) groups is 1. The number of nitrogens with one attached hydrogen (secondary N) is 3. The Hall–Kier alpha value is -0.770. The Bertz CT molecular complexity index is 251. The van der Waals surface area contributed by atoms with Crippen molar-refractivity contribution in [2.45, 2.75) is 70.0 Å². The van der Waals surface area contributed by atoms with Crippen LogP contribution in [0.2, 0.25) is 0 Å². The van der Waals surface area contributed by atoms with Gasteiger partial charge in [-0.05, 0) is 39.2 Å². The summed E-state index contributed by atoms with van der Waals surface area (Å²) in [7, 11) is 0. The van der Waals surface area contributed by atoms with Gasteiger partial charge in [0.1, 0.15) is 0 Å². The van der Waals surface area contributed by atoms with Gasteiger partial charge in [-0.2, -0.15) is 0 Å². The molecule has 2 rings (SSSR count). The summed E-state index contributed by atoms with van der Waals surface area (Å²) in [6.45, 7) is 3.18. The average molecular weight is 239 g/mol. The highest BCUT2D eigenvalue weighted by Crippen LogP contribution is 2.17. The van der Waals surface area contributed by atoms with Crippen molar-refractivity contribution < 1.29 is 4.79 Å². The number of hydrogen-bond acceptors (Lipinski definition) is 2. The molecule has 0 bridgehead atoms. The highest BCUT2D eigenvalue weighted by molar-refractivity contribution is 5.74. The molecular formula is C13H25N3O. The van der Waals surface area contributed by atoms with Gasteiger partial charge in [-0.3, -0.25) is 0 Å². The third-order valence-corrected chi connectivity index (χ3v) is 3.90. The van der Waals surface area contributed by atoms with Crippen molar-refractivity contribution in [3.05, 3.63) is 0 Å². The van der Waals surface area contributed by atoms with Crippen molar-refractivity contribution in [1.29, 1.82) is 0 Å². The lowest BCUT2D eigenvalue weighted by molar-refractivity contribution is 0.223. The van der Waals surface area contributed by atoms with Crippen LogP contribution in [-0.2, 0) is 0 Å². The normalized spacial score (nSPS) is 30.9. The molecule has 0 spiro atoms. The van der Waals surface area contributed by atoms with Crippen LogP contribution in [0.15, 0.2) is 0 Å². The molecule has 2 aliphatic rings. The van der Waals surface area contributed by atoms with E-state index >= 15 is 0 Å². The predicted octanol–water partition coefficient (Wildman–Crippen LogP) is 1.76. The van der Waals surface area contributed by atoms with E-state index in [1.165, 1.54) is 19.3 Å². The van der Waals surface area contributed by atoms with Crippen LogP contribution in [0, 0.1) is 0 Å². The van der Waals surface area contributed by atoms with E-state index in [4.69, 9.17) is 0 Å². The van der Waals surface area contributed by atoms with Crippen LogP contribution in [0.3, 0.4) is 0 Å². The maximum Gasteiger partial charge on any atom is 0.315 e. The van der Waals surface area contributed by atoms with E-state index in [2.05, 4.69) is 22.9 Å². The molecule has 4 heteroatoms. The summed E-state index contributed by atoms with van der Waals surface area (Å²) in [6.07, 6.45) is 8.23. The van der Waals surface area contributed by atoms with Crippen LogP contribution in [0.25, 0.3) is 0 Å². The van der Waals surface area contributed by atoms with Gasteiger partial charge in [0.25, 0.3) is 0 Å². The Morgan fingerprint density at radius 1 is 1.06 bits per heavy atom. The van der Waals surface area contributed by atoms with Gasteiger partial charge < -0.3 is 16.0 Å². The molecular weight excluding hydrogens is 214 g/mol. The molecule has 1 heterocycles. The highest BCUT2D eigenvalue weighted by Gasteiger charge is 2.21. The highest BCUT2D eigenvalue weighted by atomic mass is 16.2. The molecule has 2 atom stereocenters. The fraction of sp³-hybridized carbons (Fsp3) is 0.923.